The third-order valence-corrected chi connectivity index (χ3v) is 6.71. The molecule has 1 fully saturated rings. The van der Waals surface area contributed by atoms with E-state index in [1.54, 1.807) is 31.5 Å². The van der Waals surface area contributed by atoms with E-state index in [1.165, 1.54) is 15.4 Å². The zero-order chi connectivity index (χ0) is 24.5. The first-order valence-electron chi connectivity index (χ1n) is 10.7. The molecular formula is C25H25N3O4S2. The van der Waals surface area contributed by atoms with Crippen LogP contribution in [-0.2, 0) is 14.9 Å². The van der Waals surface area contributed by atoms with Crippen LogP contribution in [0.5, 0.6) is 11.6 Å². The number of methoxy groups -OCH3 is 1. The molecule has 4 rings (SSSR count). The average Bonchev–Trinajstić information content (AvgIpc) is 3.07. The van der Waals surface area contributed by atoms with Gasteiger partial charge in [-0.3, -0.25) is 18.9 Å². The van der Waals surface area contributed by atoms with Gasteiger partial charge in [0.05, 0.1) is 18.1 Å². The van der Waals surface area contributed by atoms with E-state index in [2.05, 4.69) is 25.8 Å². The standard InChI is InChI=1S/C25H25N3O4S2/c1-25(2,3)16-8-10-17(11-9-16)32-21-18(22(29)27-12-6-5-7-20(27)26-21)15-19-23(30)28(13-14-31-4)24(33)34-19/h5-12,15H,13-14H2,1-4H3/b19-15+. The molecule has 3 aromatic rings. The highest BCUT2D eigenvalue weighted by molar-refractivity contribution is 8.26. The van der Waals surface area contributed by atoms with Gasteiger partial charge in [-0.25, -0.2) is 0 Å². The lowest BCUT2D eigenvalue weighted by atomic mass is 9.87. The number of carbonyl (C=O) groups is 1. The zero-order valence-electron chi connectivity index (χ0n) is 19.4. The Morgan fingerprint density at radius 1 is 1.12 bits per heavy atom. The van der Waals surface area contributed by atoms with E-state index in [1.807, 2.05) is 24.3 Å². The SMILES string of the molecule is COCCN1C(=O)/C(=C\c2c(Oc3ccc(C(C)(C)C)cc3)nc3ccccn3c2=O)SC1=S. The van der Waals surface area contributed by atoms with Gasteiger partial charge >= 0.3 is 0 Å². The second-order valence-corrected chi connectivity index (χ2v) is 10.4. The van der Waals surface area contributed by atoms with Gasteiger partial charge < -0.3 is 9.47 Å². The minimum atomic E-state index is -0.339. The number of carbonyl (C=O) groups excluding carboxylic acids is 1. The summed E-state index contributed by atoms with van der Waals surface area (Å²) in [5.41, 5.74) is 1.44. The highest BCUT2D eigenvalue weighted by Crippen LogP contribution is 2.34. The minimum absolute atomic E-state index is 0.00129. The van der Waals surface area contributed by atoms with Gasteiger partial charge in [-0.1, -0.05) is 63.0 Å². The maximum atomic E-state index is 13.4. The monoisotopic (exact) mass is 495 g/mol. The van der Waals surface area contributed by atoms with E-state index in [-0.39, 0.29) is 28.3 Å². The van der Waals surface area contributed by atoms with E-state index in [0.717, 1.165) is 17.3 Å². The number of amides is 1. The normalized spacial score (nSPS) is 15.5. The molecule has 0 saturated carbocycles. The van der Waals surface area contributed by atoms with E-state index in [4.69, 9.17) is 21.7 Å². The highest BCUT2D eigenvalue weighted by atomic mass is 32.2. The topological polar surface area (TPSA) is 73.1 Å². The molecule has 176 valence electrons. The van der Waals surface area contributed by atoms with Crippen LogP contribution in [0.1, 0.15) is 31.9 Å². The number of rotatable bonds is 6. The molecule has 0 spiro atoms. The number of nitrogens with zero attached hydrogens (tertiary/aromatic N) is 3. The van der Waals surface area contributed by atoms with Gasteiger partial charge in [0.1, 0.15) is 21.3 Å². The quantitative estimate of drug-likeness (QED) is 0.365. The summed E-state index contributed by atoms with van der Waals surface area (Å²) < 4.78 is 13.0. The van der Waals surface area contributed by atoms with Crippen LogP contribution in [0.3, 0.4) is 0 Å². The van der Waals surface area contributed by atoms with Crippen LogP contribution < -0.4 is 10.3 Å². The highest BCUT2D eigenvalue weighted by Gasteiger charge is 2.32. The molecule has 0 radical (unpaired) electrons. The van der Waals surface area contributed by atoms with Crippen molar-refractivity contribution in [1.82, 2.24) is 14.3 Å². The van der Waals surface area contributed by atoms with Crippen LogP contribution in [0.4, 0.5) is 0 Å². The fourth-order valence-electron chi connectivity index (χ4n) is 3.42. The minimum Gasteiger partial charge on any atom is -0.438 e. The molecule has 0 N–H and O–H groups in total. The van der Waals surface area contributed by atoms with Crippen molar-refractivity contribution in [3.8, 4) is 11.6 Å². The third kappa shape index (κ3) is 4.91. The molecule has 1 amide bonds. The molecule has 0 atom stereocenters. The Kier molecular flexibility index (Phi) is 6.88. The lowest BCUT2D eigenvalue weighted by Gasteiger charge is -2.19. The van der Waals surface area contributed by atoms with Crippen LogP contribution in [0, 0.1) is 0 Å². The lowest BCUT2D eigenvalue weighted by molar-refractivity contribution is -0.122. The first-order valence-corrected chi connectivity index (χ1v) is 12.0. The number of fused-ring (bicyclic) bond motifs is 1. The lowest BCUT2D eigenvalue weighted by Crippen LogP contribution is -2.31. The molecule has 0 aliphatic carbocycles. The Balaban J connectivity index is 1.77. The summed E-state index contributed by atoms with van der Waals surface area (Å²) in [5.74, 6) is 0.398. The summed E-state index contributed by atoms with van der Waals surface area (Å²) in [6, 6.07) is 12.9. The Hall–Kier alpha value is -3.01. The largest absolute Gasteiger partial charge is 0.438 e. The van der Waals surface area contributed by atoms with Crippen LogP contribution in [0.25, 0.3) is 11.7 Å². The number of pyridine rings is 1. The summed E-state index contributed by atoms with van der Waals surface area (Å²) in [6.07, 6.45) is 3.15. The molecule has 0 unspecified atom stereocenters. The molecule has 34 heavy (non-hydrogen) atoms. The van der Waals surface area contributed by atoms with Gasteiger partial charge in [0, 0.05) is 13.3 Å². The zero-order valence-corrected chi connectivity index (χ0v) is 21.0. The van der Waals surface area contributed by atoms with Crippen LogP contribution in [0.15, 0.2) is 58.4 Å². The van der Waals surface area contributed by atoms with Crippen molar-refractivity contribution in [2.45, 2.75) is 26.2 Å². The predicted molar refractivity (Wildman–Crippen MR) is 138 cm³/mol. The Morgan fingerprint density at radius 2 is 1.85 bits per heavy atom. The van der Waals surface area contributed by atoms with Crippen LogP contribution >= 0.6 is 24.0 Å². The average molecular weight is 496 g/mol. The molecule has 2 aromatic heterocycles. The van der Waals surface area contributed by atoms with Crippen molar-refractivity contribution in [2.24, 2.45) is 0 Å². The molecule has 1 aliphatic heterocycles. The summed E-state index contributed by atoms with van der Waals surface area (Å²) in [5, 5.41) is 0. The number of thiocarbonyl (C=S) groups is 1. The summed E-state index contributed by atoms with van der Waals surface area (Å²) in [7, 11) is 1.56. The molecule has 0 bridgehead atoms. The number of hydrogen-bond donors (Lipinski definition) is 0. The molecule has 3 heterocycles. The molecule has 1 aromatic carbocycles. The molecule has 1 saturated heterocycles. The fraction of sp³-hybridized carbons (Fsp3) is 0.280. The summed E-state index contributed by atoms with van der Waals surface area (Å²) in [4.78, 5) is 32.7. The van der Waals surface area contributed by atoms with Crippen molar-refractivity contribution in [3.05, 3.63) is 75.0 Å². The number of hydrogen-bond acceptors (Lipinski definition) is 7. The first-order chi connectivity index (χ1) is 16.2. The molecule has 1 aliphatic rings. The summed E-state index contributed by atoms with van der Waals surface area (Å²) >= 11 is 6.50. The Labute approximate surface area is 207 Å². The van der Waals surface area contributed by atoms with Crippen molar-refractivity contribution >= 4 is 45.9 Å². The molecular weight excluding hydrogens is 470 g/mol. The maximum absolute atomic E-state index is 13.4. The second-order valence-electron chi connectivity index (χ2n) is 8.77. The van der Waals surface area contributed by atoms with E-state index in [9.17, 15) is 9.59 Å². The van der Waals surface area contributed by atoms with Gasteiger partial charge in [0.15, 0.2) is 0 Å². The van der Waals surface area contributed by atoms with Crippen LogP contribution in [-0.4, -0.2) is 44.8 Å². The van der Waals surface area contributed by atoms with Gasteiger partial charge in [0.2, 0.25) is 5.88 Å². The van der Waals surface area contributed by atoms with Crippen molar-refractivity contribution in [3.63, 3.8) is 0 Å². The van der Waals surface area contributed by atoms with Crippen molar-refractivity contribution in [2.75, 3.05) is 20.3 Å². The smallest absolute Gasteiger partial charge is 0.269 e. The molecule has 7 nitrogen and oxygen atoms in total. The van der Waals surface area contributed by atoms with E-state index < -0.39 is 0 Å². The third-order valence-electron chi connectivity index (χ3n) is 5.34. The van der Waals surface area contributed by atoms with Crippen LogP contribution in [0.2, 0.25) is 0 Å². The maximum Gasteiger partial charge on any atom is 0.269 e. The first kappa shape index (κ1) is 24.1. The number of benzene rings is 1. The van der Waals surface area contributed by atoms with Gasteiger partial charge in [-0.2, -0.15) is 4.98 Å². The number of ether oxygens (including phenoxy) is 2. The number of aromatic nitrogens is 2. The van der Waals surface area contributed by atoms with E-state index in [0.29, 0.717) is 33.8 Å². The van der Waals surface area contributed by atoms with Gasteiger partial charge in [0.25, 0.3) is 11.5 Å². The second kappa shape index (κ2) is 9.69. The predicted octanol–water partition coefficient (Wildman–Crippen LogP) is 4.63. The van der Waals surface area contributed by atoms with Gasteiger partial charge in [-0.15, -0.1) is 0 Å². The van der Waals surface area contributed by atoms with Crippen molar-refractivity contribution < 1.29 is 14.3 Å². The Bertz CT molecular complexity index is 1340. The Morgan fingerprint density at radius 3 is 2.53 bits per heavy atom. The van der Waals surface area contributed by atoms with Crippen molar-refractivity contribution in [1.29, 1.82) is 0 Å². The van der Waals surface area contributed by atoms with Gasteiger partial charge in [-0.05, 0) is 41.3 Å². The van der Waals surface area contributed by atoms with E-state index >= 15 is 0 Å². The number of thioether (sulfide) groups is 1. The fourth-order valence-corrected chi connectivity index (χ4v) is 4.72. The summed E-state index contributed by atoms with van der Waals surface area (Å²) in [6.45, 7) is 7.11. The molecule has 9 heteroatoms.